The van der Waals surface area contributed by atoms with Crippen molar-refractivity contribution in [1.82, 2.24) is 0 Å². The number of carbonyl (C=O) groups excluding carboxylic acids is 3. The highest BCUT2D eigenvalue weighted by Crippen LogP contribution is 2.43. The van der Waals surface area contributed by atoms with Gasteiger partial charge in [-0.05, 0) is 188 Å². The molecular weight excluding hydrogens is 961 g/mol. The Labute approximate surface area is 472 Å². The second-order valence-electron chi connectivity index (χ2n) is 24.2. The zero-order chi connectivity index (χ0) is 57.5. The number of hydrogen-bond acceptors (Lipinski definition) is 6. The van der Waals surface area contributed by atoms with Gasteiger partial charge in [-0.15, -0.1) is 0 Å². The molecule has 0 fully saturated rings. The van der Waals surface area contributed by atoms with Gasteiger partial charge in [-0.25, -0.2) is 0 Å². The number of hydrogen-bond donors (Lipinski definition) is 0. The molecule has 4 rings (SSSR count). The Balaban J connectivity index is 1.38. The van der Waals surface area contributed by atoms with E-state index >= 15 is 0 Å². The van der Waals surface area contributed by atoms with Gasteiger partial charge in [-0.3, -0.25) is 14.4 Å². The lowest BCUT2D eigenvalue weighted by atomic mass is 9.72. The topological polar surface area (TPSA) is 78.9 Å². The van der Waals surface area contributed by atoms with E-state index < -0.39 is 17.9 Å². The average molecular weight is 1060 g/mol. The second-order valence-corrected chi connectivity index (χ2v) is 24.2. The Morgan fingerprint density at radius 1 is 0.410 bits per heavy atom. The quantitative estimate of drug-likeness (QED) is 0.0583. The van der Waals surface area contributed by atoms with E-state index in [4.69, 9.17) is 14.2 Å². The Morgan fingerprint density at radius 3 is 0.910 bits per heavy atom. The van der Waals surface area contributed by atoms with E-state index in [0.29, 0.717) is 16.7 Å². The van der Waals surface area contributed by atoms with E-state index in [9.17, 15) is 14.4 Å². The molecule has 0 aromatic heterocycles. The maximum Gasteiger partial charge on any atom is 0.310 e. The molecule has 0 heterocycles. The first kappa shape index (κ1) is 64.3. The van der Waals surface area contributed by atoms with Gasteiger partial charge in [0.05, 0.1) is 19.3 Å². The summed E-state index contributed by atoms with van der Waals surface area (Å²) >= 11 is 0. The van der Waals surface area contributed by atoms with Crippen LogP contribution in [0.4, 0.5) is 0 Å². The molecule has 0 bridgehead atoms. The largest absolute Gasteiger partial charge is 0.461 e. The lowest BCUT2D eigenvalue weighted by Gasteiger charge is -2.33. The van der Waals surface area contributed by atoms with Crippen LogP contribution < -0.4 is 0 Å². The van der Waals surface area contributed by atoms with Crippen molar-refractivity contribution in [3.05, 3.63) is 211 Å². The first-order chi connectivity index (χ1) is 36.8. The lowest BCUT2D eigenvalue weighted by Crippen LogP contribution is -2.19. The van der Waals surface area contributed by atoms with Crippen LogP contribution in [0.1, 0.15) is 178 Å². The molecule has 420 valence electrons. The van der Waals surface area contributed by atoms with Gasteiger partial charge in [0.15, 0.2) is 0 Å². The molecule has 0 aliphatic heterocycles. The summed E-state index contributed by atoms with van der Waals surface area (Å²) in [6.45, 7) is 33.3. The van der Waals surface area contributed by atoms with Crippen molar-refractivity contribution in [3.8, 4) is 0 Å². The highest BCUT2D eigenvalue weighted by atomic mass is 16.5. The number of carbonyl (C=O) groups is 3. The van der Waals surface area contributed by atoms with Crippen LogP contribution >= 0.6 is 0 Å². The van der Waals surface area contributed by atoms with Crippen molar-refractivity contribution >= 4 is 17.9 Å². The molecule has 0 radical (unpaired) electrons. The third-order valence-electron chi connectivity index (χ3n) is 15.4. The summed E-state index contributed by atoms with van der Waals surface area (Å²) in [5.41, 5.74) is 17.6. The number of rotatable bonds is 24. The normalized spacial score (nSPS) is 19.3. The molecule has 0 saturated heterocycles. The molecule has 0 spiro atoms. The molecule has 78 heavy (non-hydrogen) atoms. The van der Waals surface area contributed by atoms with Crippen LogP contribution in [-0.2, 0) is 47.9 Å². The van der Waals surface area contributed by atoms with Crippen LogP contribution in [0.2, 0.25) is 0 Å². The molecule has 3 aliphatic carbocycles. The van der Waals surface area contributed by atoms with Gasteiger partial charge in [0.25, 0.3) is 0 Å². The molecule has 0 saturated carbocycles. The zero-order valence-electron chi connectivity index (χ0n) is 50.7. The SMILES string of the molecule is CC1=C(/C=C/C(C)=C/C=C/C(C)=C/COC(=O)Cc2cc(CC(=O)OC/C=C(C)/C=C/C=C(C)/C=C/C3=C(C)CCCC3(C)C)cc(CC(=O)OC/C=C(C)/C=C/C=C(C)/C=C/C3=C(C)CCCC3(C)C)c2)C(C)(C)CCC1. The highest BCUT2D eigenvalue weighted by Gasteiger charge is 2.28. The number of ether oxygens (including phenoxy) is 3. The summed E-state index contributed by atoms with van der Waals surface area (Å²) in [4.78, 5) is 39.7. The maximum absolute atomic E-state index is 13.2. The highest BCUT2D eigenvalue weighted by molar-refractivity contribution is 5.76. The molecule has 1 aromatic carbocycles. The van der Waals surface area contributed by atoms with Gasteiger partial charge in [0.2, 0.25) is 0 Å². The van der Waals surface area contributed by atoms with Crippen LogP contribution in [0.15, 0.2) is 194 Å². The van der Waals surface area contributed by atoms with Gasteiger partial charge < -0.3 is 14.2 Å². The second kappa shape index (κ2) is 31.4. The van der Waals surface area contributed by atoms with E-state index in [-0.39, 0.29) is 55.3 Å². The van der Waals surface area contributed by atoms with Gasteiger partial charge in [-0.1, -0.05) is 201 Å². The minimum atomic E-state index is -0.418. The number of benzene rings is 1. The van der Waals surface area contributed by atoms with Gasteiger partial charge >= 0.3 is 17.9 Å². The molecule has 1 aromatic rings. The van der Waals surface area contributed by atoms with E-state index in [1.807, 2.05) is 75.5 Å². The molecule has 3 aliphatic rings. The average Bonchev–Trinajstić information content (AvgIpc) is 3.34. The van der Waals surface area contributed by atoms with E-state index in [1.54, 1.807) is 18.2 Å². The molecule has 0 N–H and O–H groups in total. The molecular formula is C72H96O6. The van der Waals surface area contributed by atoms with Crippen molar-refractivity contribution in [3.63, 3.8) is 0 Å². The summed E-state index contributed by atoms with van der Waals surface area (Å²) in [5, 5.41) is 0. The summed E-state index contributed by atoms with van der Waals surface area (Å²) in [6.07, 6.45) is 48.1. The number of esters is 3. The molecule has 6 heteroatoms. The fourth-order valence-electron chi connectivity index (χ4n) is 10.7. The van der Waals surface area contributed by atoms with E-state index in [0.717, 1.165) is 33.4 Å². The van der Waals surface area contributed by atoms with Crippen molar-refractivity contribution in [2.24, 2.45) is 16.2 Å². The predicted molar refractivity (Wildman–Crippen MR) is 329 cm³/mol. The maximum atomic E-state index is 13.2. The van der Waals surface area contributed by atoms with Crippen LogP contribution in [0, 0.1) is 16.2 Å². The number of allylic oxidation sites excluding steroid dienone is 27. The van der Waals surface area contributed by atoms with Crippen LogP contribution in [0.3, 0.4) is 0 Å². The van der Waals surface area contributed by atoms with Gasteiger partial charge in [0, 0.05) is 0 Å². The first-order valence-electron chi connectivity index (χ1n) is 28.6. The van der Waals surface area contributed by atoms with Gasteiger partial charge in [-0.2, -0.15) is 0 Å². The van der Waals surface area contributed by atoms with Crippen LogP contribution in [-0.4, -0.2) is 37.7 Å². The van der Waals surface area contributed by atoms with E-state index in [1.165, 1.54) is 91.2 Å². The smallest absolute Gasteiger partial charge is 0.310 e. The Hall–Kier alpha value is -6.27. The van der Waals surface area contributed by atoms with E-state index in [2.05, 4.69) is 138 Å². The lowest BCUT2D eigenvalue weighted by molar-refractivity contribution is -0.142. The zero-order valence-corrected chi connectivity index (χ0v) is 50.7. The Morgan fingerprint density at radius 2 is 0.667 bits per heavy atom. The summed E-state index contributed by atoms with van der Waals surface area (Å²) < 4.78 is 16.9. The third-order valence-corrected chi connectivity index (χ3v) is 15.4. The van der Waals surface area contributed by atoms with Crippen LogP contribution in [0.5, 0.6) is 0 Å². The van der Waals surface area contributed by atoms with Crippen molar-refractivity contribution < 1.29 is 28.6 Å². The minimum absolute atomic E-state index is 0.0322. The molecule has 0 amide bonds. The Kier molecular flexibility index (Phi) is 25.8. The fourth-order valence-corrected chi connectivity index (χ4v) is 10.7. The fraction of sp³-hybridized carbons (Fsp3) is 0.458. The minimum Gasteiger partial charge on any atom is -0.461 e. The summed E-state index contributed by atoms with van der Waals surface area (Å²) in [5.74, 6) is -1.26. The molecule has 0 unspecified atom stereocenters. The van der Waals surface area contributed by atoms with Crippen LogP contribution in [0.25, 0.3) is 0 Å². The molecule has 6 nitrogen and oxygen atoms in total. The van der Waals surface area contributed by atoms with Crippen molar-refractivity contribution in [2.75, 3.05) is 19.8 Å². The summed E-state index contributed by atoms with van der Waals surface area (Å²) in [7, 11) is 0. The summed E-state index contributed by atoms with van der Waals surface area (Å²) in [6, 6.07) is 5.41. The monoisotopic (exact) mass is 1060 g/mol. The predicted octanol–water partition coefficient (Wildman–Crippen LogP) is 18.5. The third kappa shape index (κ3) is 23.0. The Bertz CT molecular complexity index is 2460. The standard InChI is InChI=1S/C72H96O6/c1-52(31-34-64-58(7)28-19-40-70(64,10)11)22-16-25-55(4)37-43-76-67(73)49-61-46-62(50-68(74)77-44-38-56(5)26-17-23-53(2)32-35-65-59(8)29-20-41-71(65,12)13)48-63(47-61)51-69(75)78-45-39-57(6)27-18-24-54(3)33-36-66-60(9)30-21-42-72(66,14)15/h16-18,22-27,31-39,46-48H,19-21,28-30,40-45,49-51H2,1-15H3/b25-16+,26-17+,27-18+,34-31+,35-32+,36-33+,52-22+,53-23+,54-24+,55-37+,56-38+,57-39+. The van der Waals surface area contributed by atoms with Crippen molar-refractivity contribution in [1.29, 1.82) is 0 Å². The van der Waals surface area contributed by atoms with Gasteiger partial charge in [0.1, 0.15) is 19.8 Å². The molecule has 0 atom stereocenters. The first-order valence-corrected chi connectivity index (χ1v) is 28.6. The van der Waals surface area contributed by atoms with Crippen molar-refractivity contribution in [2.45, 2.75) is 181 Å².